The molecule has 0 saturated heterocycles. The highest BCUT2D eigenvalue weighted by Crippen LogP contribution is 2.38. The normalized spacial score (nSPS) is 12.9. The highest BCUT2D eigenvalue weighted by atomic mass is 35.5. The van der Waals surface area contributed by atoms with Crippen molar-refractivity contribution in [3.8, 4) is 17.6 Å². The van der Waals surface area contributed by atoms with Gasteiger partial charge in [-0.2, -0.15) is 15.9 Å². The number of anilines is 1. The first-order valence-corrected chi connectivity index (χ1v) is 12.9. The minimum Gasteiger partial charge on any atom is -0.489 e. The van der Waals surface area contributed by atoms with E-state index in [2.05, 4.69) is 48.1 Å². The molecule has 0 fully saturated rings. The third-order valence-electron chi connectivity index (χ3n) is 5.78. The van der Waals surface area contributed by atoms with E-state index in [9.17, 15) is 10.5 Å². The van der Waals surface area contributed by atoms with E-state index < -0.39 is 9.58 Å². The van der Waals surface area contributed by atoms with Crippen LogP contribution in [0.2, 0.25) is 5.02 Å². The van der Waals surface area contributed by atoms with Crippen molar-refractivity contribution in [2.75, 3.05) is 25.0 Å². The fourth-order valence-electron chi connectivity index (χ4n) is 3.73. The van der Waals surface area contributed by atoms with Gasteiger partial charge >= 0.3 is 0 Å². The average molecular weight is 564 g/mol. The number of rotatable bonds is 11. The van der Waals surface area contributed by atoms with Gasteiger partial charge in [0, 0.05) is 17.2 Å². The van der Waals surface area contributed by atoms with E-state index in [-0.39, 0.29) is 12.6 Å². The number of ether oxygens (including phenoxy) is 2. The van der Waals surface area contributed by atoms with Crippen molar-refractivity contribution in [2.45, 2.75) is 39.2 Å². The zero-order valence-electron chi connectivity index (χ0n) is 21.1. The fourth-order valence-corrected chi connectivity index (χ4v) is 4.17. The first-order valence-electron chi connectivity index (χ1n) is 11.6. The maximum atomic E-state index is 9.75. The Hall–Kier alpha value is -2.74. The van der Waals surface area contributed by atoms with E-state index in [0.717, 1.165) is 22.4 Å². The predicted molar refractivity (Wildman–Crippen MR) is 147 cm³/mol. The molecule has 0 saturated carbocycles. The summed E-state index contributed by atoms with van der Waals surface area (Å²) in [7, 11) is 1.43. The molecule has 1 heterocycles. The number of quaternary nitrogens is 1. The number of halogens is 2. The number of aryl methyl sites for hydroxylation is 1. The van der Waals surface area contributed by atoms with E-state index in [0.29, 0.717) is 41.0 Å². The van der Waals surface area contributed by atoms with E-state index in [1.54, 1.807) is 12.3 Å². The largest absolute Gasteiger partial charge is 0.489 e. The lowest BCUT2D eigenvalue weighted by Gasteiger charge is -2.27. The molecule has 11 heteroatoms. The van der Waals surface area contributed by atoms with Crippen molar-refractivity contribution in [3.63, 3.8) is 0 Å². The second kappa shape index (κ2) is 12.2. The standard InChI is InChI=1S/C26H30Cl2N5O3S/c1-5-23-18(15-30-25(31-23)32-33(4,34)37)16-36-21-8-6-19(7-9-21)26(2,3)20-12-17(14-29)24(22(28)13-20)35-11-10-27/h6-9,12-13,15,34,37H,5,10-11,16H2,1-4H3,(H,30,31,32)/q+1. The lowest BCUT2D eigenvalue weighted by Crippen LogP contribution is -2.36. The number of benzene rings is 2. The SMILES string of the molecule is CCc1nc(N[N+](C)(O)S)ncc1COc1ccc(C(C)(C)c2cc(Cl)c(OCCCl)c(C#N)c2)cc1. The second-order valence-electron chi connectivity index (χ2n) is 8.97. The molecule has 3 rings (SSSR count). The smallest absolute Gasteiger partial charge is 0.273 e. The summed E-state index contributed by atoms with van der Waals surface area (Å²) < 4.78 is 10.8. The Morgan fingerprint density at radius 2 is 1.89 bits per heavy atom. The van der Waals surface area contributed by atoms with Crippen LogP contribution in [0, 0.1) is 11.3 Å². The minimum atomic E-state index is -0.780. The summed E-state index contributed by atoms with van der Waals surface area (Å²) in [6.45, 7) is 6.68. The lowest BCUT2D eigenvalue weighted by molar-refractivity contribution is -0.955. The molecule has 1 atom stereocenters. The molecule has 1 aromatic heterocycles. The van der Waals surface area contributed by atoms with E-state index in [1.807, 2.05) is 37.3 Å². The third-order valence-corrected chi connectivity index (χ3v) is 6.32. The molecule has 0 aliphatic carbocycles. The van der Waals surface area contributed by atoms with Crippen molar-refractivity contribution in [2.24, 2.45) is 0 Å². The van der Waals surface area contributed by atoms with Crippen LogP contribution in [0.3, 0.4) is 0 Å². The summed E-state index contributed by atoms with van der Waals surface area (Å²) in [5, 5.41) is 19.7. The molecule has 2 N–H and O–H groups in total. The van der Waals surface area contributed by atoms with Crippen LogP contribution in [0.25, 0.3) is 0 Å². The van der Waals surface area contributed by atoms with Gasteiger partial charge in [0.15, 0.2) is 5.75 Å². The van der Waals surface area contributed by atoms with Crippen molar-refractivity contribution in [1.82, 2.24) is 9.97 Å². The first-order chi connectivity index (χ1) is 17.5. The molecule has 0 radical (unpaired) electrons. The van der Waals surface area contributed by atoms with Crippen molar-refractivity contribution in [1.29, 1.82) is 5.26 Å². The Labute approximate surface area is 232 Å². The van der Waals surface area contributed by atoms with Gasteiger partial charge in [0.2, 0.25) is 0 Å². The summed E-state index contributed by atoms with van der Waals surface area (Å²) in [4.78, 5) is 8.67. The minimum absolute atomic E-state index is 0.268. The third kappa shape index (κ3) is 7.40. The van der Waals surface area contributed by atoms with Crippen LogP contribution in [-0.4, -0.2) is 38.9 Å². The van der Waals surface area contributed by atoms with Gasteiger partial charge in [-0.1, -0.05) is 44.5 Å². The van der Waals surface area contributed by atoms with Gasteiger partial charge in [-0.05, 0) is 46.0 Å². The van der Waals surface area contributed by atoms with E-state index in [1.165, 1.54) is 7.05 Å². The van der Waals surface area contributed by atoms with Crippen LogP contribution in [-0.2, 0) is 18.4 Å². The average Bonchev–Trinajstić information content (AvgIpc) is 2.86. The summed E-state index contributed by atoms with van der Waals surface area (Å²) >= 11 is 16.2. The zero-order chi connectivity index (χ0) is 27.2. The van der Waals surface area contributed by atoms with Crippen molar-refractivity contribution < 1.29 is 18.8 Å². The number of thiol groups is 1. The number of nitrogens with zero attached hydrogens (tertiary/aromatic N) is 4. The number of hydrogen-bond donors (Lipinski definition) is 3. The number of hydrogen-bond acceptors (Lipinski definition) is 8. The maximum absolute atomic E-state index is 9.75. The van der Waals surface area contributed by atoms with E-state index in [4.69, 9.17) is 32.7 Å². The molecular formula is C26H30Cl2N5O3S+. The molecule has 0 aliphatic rings. The molecule has 8 nitrogen and oxygen atoms in total. The van der Waals surface area contributed by atoms with Gasteiger partial charge in [-0.3, -0.25) is 0 Å². The highest BCUT2D eigenvalue weighted by Gasteiger charge is 2.26. The Bertz CT molecular complexity index is 1270. The maximum Gasteiger partial charge on any atom is 0.273 e. The summed E-state index contributed by atoms with van der Waals surface area (Å²) in [6, 6.07) is 13.6. The molecule has 2 aromatic carbocycles. The highest BCUT2D eigenvalue weighted by molar-refractivity contribution is 7.74. The van der Waals surface area contributed by atoms with Crippen LogP contribution in [0.1, 0.15) is 48.7 Å². The summed E-state index contributed by atoms with van der Waals surface area (Å²) in [5.41, 5.74) is 6.17. The summed E-state index contributed by atoms with van der Waals surface area (Å²) in [5.74, 6) is 1.61. The Kier molecular flexibility index (Phi) is 9.51. The van der Waals surface area contributed by atoms with Gasteiger partial charge in [0.1, 0.15) is 44.9 Å². The van der Waals surface area contributed by atoms with Gasteiger partial charge in [0.05, 0.1) is 22.2 Å². The molecule has 0 amide bonds. The first kappa shape index (κ1) is 28.8. The number of nitrogens with one attached hydrogen (secondary N) is 1. The molecule has 37 heavy (non-hydrogen) atoms. The topological polar surface area (TPSA) is 100 Å². The molecular weight excluding hydrogens is 533 g/mol. The van der Waals surface area contributed by atoms with Crippen LogP contribution < -0.4 is 14.9 Å². The van der Waals surface area contributed by atoms with Crippen LogP contribution in [0.4, 0.5) is 5.95 Å². The fraction of sp³-hybridized carbons (Fsp3) is 0.346. The molecule has 3 aromatic rings. The number of alkyl halides is 1. The van der Waals surface area contributed by atoms with Crippen molar-refractivity contribution in [3.05, 3.63) is 75.6 Å². The lowest BCUT2D eigenvalue weighted by atomic mass is 9.77. The van der Waals surface area contributed by atoms with Gasteiger partial charge in [-0.15, -0.1) is 11.6 Å². The number of nitriles is 1. The summed E-state index contributed by atoms with van der Waals surface area (Å²) in [6.07, 6.45) is 2.35. The molecule has 1 unspecified atom stereocenters. The molecule has 0 spiro atoms. The van der Waals surface area contributed by atoms with Gasteiger partial charge < -0.3 is 9.47 Å². The second-order valence-corrected chi connectivity index (χ2v) is 10.5. The molecule has 196 valence electrons. The Balaban J connectivity index is 1.76. The van der Waals surface area contributed by atoms with Gasteiger partial charge in [0.25, 0.3) is 5.95 Å². The Morgan fingerprint density at radius 3 is 2.49 bits per heavy atom. The monoisotopic (exact) mass is 562 g/mol. The Morgan fingerprint density at radius 1 is 1.19 bits per heavy atom. The van der Waals surface area contributed by atoms with Crippen molar-refractivity contribution >= 4 is 42.0 Å². The quantitative estimate of drug-likeness (QED) is 0.112. The molecule has 0 aliphatic heterocycles. The molecule has 0 bridgehead atoms. The number of aromatic nitrogens is 2. The number of hydroxylamine groups is 1. The van der Waals surface area contributed by atoms with Gasteiger partial charge in [-0.25, -0.2) is 9.97 Å². The zero-order valence-corrected chi connectivity index (χ0v) is 23.5. The predicted octanol–water partition coefficient (Wildman–Crippen LogP) is 6.09. The van der Waals surface area contributed by atoms with Crippen LogP contribution in [0.15, 0.2) is 42.6 Å². The van der Waals surface area contributed by atoms with E-state index >= 15 is 0 Å². The van der Waals surface area contributed by atoms with Crippen LogP contribution >= 0.6 is 36.0 Å². The van der Waals surface area contributed by atoms with Crippen LogP contribution in [0.5, 0.6) is 11.5 Å².